The molecule has 0 aromatic rings. The Morgan fingerprint density at radius 3 is 2.11 bits per heavy atom. The molecular weight excluding hydrogens is 110 g/mol. The summed E-state index contributed by atoms with van der Waals surface area (Å²) in [5.41, 5.74) is 5.68. The van der Waals surface area contributed by atoms with Gasteiger partial charge < -0.3 is 5.73 Å². The summed E-state index contributed by atoms with van der Waals surface area (Å²) < 4.78 is 0. The van der Waals surface area contributed by atoms with Gasteiger partial charge >= 0.3 is 0 Å². The van der Waals surface area contributed by atoms with E-state index in [1.54, 1.807) is 0 Å². The summed E-state index contributed by atoms with van der Waals surface area (Å²) in [5.74, 6) is 0. The van der Waals surface area contributed by atoms with Crippen molar-refractivity contribution in [1.29, 1.82) is 0 Å². The van der Waals surface area contributed by atoms with Crippen LogP contribution in [0.25, 0.3) is 0 Å². The second-order valence-electron chi connectivity index (χ2n) is 3.47. The van der Waals surface area contributed by atoms with Crippen LogP contribution in [-0.2, 0) is 0 Å². The Kier molecular flexibility index (Phi) is 3.55. The first kappa shape index (κ1) is 8.70. The number of hydrogen-bond donors (Lipinski definition) is 1. The molecule has 0 atom stereocenters. The van der Waals surface area contributed by atoms with Gasteiger partial charge in [-0.2, -0.15) is 0 Å². The molecule has 0 rings (SSSR count). The molecule has 0 fully saturated rings. The summed E-state index contributed by atoms with van der Waals surface area (Å²) >= 11 is 0. The van der Waals surface area contributed by atoms with Gasteiger partial charge in [0.1, 0.15) is 0 Å². The summed E-state index contributed by atoms with van der Waals surface area (Å²) in [4.78, 5) is 0. The largest absolute Gasteiger partial charge is 0.327 e. The first-order valence-corrected chi connectivity index (χ1v) is 3.41. The summed E-state index contributed by atoms with van der Waals surface area (Å²) in [6, 6.07) is 0. The zero-order valence-corrected chi connectivity index (χ0v) is 6.65. The monoisotopic (exact) mass is 127 g/mol. The fourth-order valence-electron chi connectivity index (χ4n) is 0.533. The molecule has 0 radical (unpaired) electrons. The Bertz CT molecular complexity index is 87.2. The van der Waals surface area contributed by atoms with E-state index in [4.69, 9.17) is 5.73 Å². The van der Waals surface area contributed by atoms with Crippen LogP contribution in [0, 0.1) is 5.41 Å². The minimum Gasteiger partial charge on any atom is -0.327 e. The molecule has 0 amide bonds. The molecule has 9 heavy (non-hydrogen) atoms. The zero-order chi connectivity index (χ0) is 7.33. The van der Waals surface area contributed by atoms with Crippen LogP contribution in [0.1, 0.15) is 27.2 Å². The van der Waals surface area contributed by atoms with Gasteiger partial charge in [-0.05, 0) is 11.8 Å². The van der Waals surface area contributed by atoms with Crippen molar-refractivity contribution in [1.82, 2.24) is 0 Å². The molecule has 0 aromatic carbocycles. The third-order valence-corrected chi connectivity index (χ3v) is 1.03. The van der Waals surface area contributed by atoms with Crippen LogP contribution < -0.4 is 5.73 Å². The number of hydrogen-bond acceptors (Lipinski definition) is 1. The van der Waals surface area contributed by atoms with E-state index in [0.29, 0.717) is 12.0 Å². The van der Waals surface area contributed by atoms with E-state index in [1.807, 2.05) is 6.08 Å². The highest BCUT2D eigenvalue weighted by Gasteiger charge is 2.05. The molecule has 0 saturated heterocycles. The second-order valence-corrected chi connectivity index (χ2v) is 3.47. The van der Waals surface area contributed by atoms with Gasteiger partial charge in [0.25, 0.3) is 0 Å². The molecule has 0 heterocycles. The molecule has 2 N–H and O–H groups in total. The highest BCUT2D eigenvalue weighted by Crippen LogP contribution is 2.18. The minimum absolute atomic E-state index is 0.408. The quantitative estimate of drug-likeness (QED) is 0.564. The molecule has 0 saturated carbocycles. The zero-order valence-electron chi connectivity index (χ0n) is 6.65. The lowest BCUT2D eigenvalue weighted by atomic mass is 9.92. The Hall–Kier alpha value is -0.300. The average molecular weight is 127 g/mol. The van der Waals surface area contributed by atoms with Crippen LogP contribution in [0.5, 0.6) is 0 Å². The molecule has 0 aliphatic heterocycles. The van der Waals surface area contributed by atoms with Crippen LogP contribution in [-0.4, -0.2) is 6.54 Å². The summed E-state index contributed by atoms with van der Waals surface area (Å²) in [6.07, 6.45) is 5.26. The van der Waals surface area contributed by atoms with Gasteiger partial charge in [-0.3, -0.25) is 0 Å². The Labute approximate surface area is 57.9 Å². The summed E-state index contributed by atoms with van der Waals surface area (Å²) in [5, 5.41) is 0. The fraction of sp³-hybridized carbons (Fsp3) is 0.750. The Morgan fingerprint density at radius 2 is 1.78 bits per heavy atom. The van der Waals surface area contributed by atoms with Crippen LogP contribution in [0.2, 0.25) is 0 Å². The van der Waals surface area contributed by atoms with E-state index in [2.05, 4.69) is 26.8 Å². The predicted molar refractivity (Wildman–Crippen MR) is 42.3 cm³/mol. The van der Waals surface area contributed by atoms with Crippen molar-refractivity contribution < 1.29 is 0 Å². The van der Waals surface area contributed by atoms with Crippen LogP contribution >= 0.6 is 0 Å². The van der Waals surface area contributed by atoms with Gasteiger partial charge in [-0.15, -0.1) is 0 Å². The highest BCUT2D eigenvalue weighted by atomic mass is 14.5. The van der Waals surface area contributed by atoms with Gasteiger partial charge in [0, 0.05) is 6.54 Å². The third kappa shape index (κ3) is 7.70. The van der Waals surface area contributed by atoms with Gasteiger partial charge in [0.05, 0.1) is 0 Å². The fourth-order valence-corrected chi connectivity index (χ4v) is 0.533. The standard InChI is InChI=1S/C8H17N/c1-8(2,3)6-4-5-7-9/h4-5H,6-7,9H2,1-3H3. The van der Waals surface area contributed by atoms with E-state index < -0.39 is 0 Å². The molecule has 0 aliphatic rings. The molecule has 0 bridgehead atoms. The van der Waals surface area contributed by atoms with Crippen molar-refractivity contribution in [2.75, 3.05) is 6.54 Å². The van der Waals surface area contributed by atoms with Crippen molar-refractivity contribution in [2.24, 2.45) is 11.1 Å². The minimum atomic E-state index is 0.408. The number of nitrogens with two attached hydrogens (primary N) is 1. The van der Waals surface area contributed by atoms with Gasteiger partial charge in [0.15, 0.2) is 0 Å². The molecule has 54 valence electrons. The van der Waals surface area contributed by atoms with Gasteiger partial charge in [0.2, 0.25) is 0 Å². The maximum Gasteiger partial charge on any atom is 0.0106 e. The van der Waals surface area contributed by atoms with Gasteiger partial charge in [-0.25, -0.2) is 0 Å². The van der Waals surface area contributed by atoms with E-state index >= 15 is 0 Å². The summed E-state index contributed by atoms with van der Waals surface area (Å²) in [7, 11) is 0. The lowest BCUT2D eigenvalue weighted by molar-refractivity contribution is 0.420. The molecule has 0 aliphatic carbocycles. The first-order valence-electron chi connectivity index (χ1n) is 3.41. The van der Waals surface area contributed by atoms with Gasteiger partial charge in [-0.1, -0.05) is 32.9 Å². The predicted octanol–water partition coefficient (Wildman–Crippen LogP) is 1.94. The lowest BCUT2D eigenvalue weighted by Gasteiger charge is -2.14. The average Bonchev–Trinajstić information content (AvgIpc) is 1.63. The molecular formula is C8H17N. The van der Waals surface area contributed by atoms with E-state index in [-0.39, 0.29) is 0 Å². The van der Waals surface area contributed by atoms with Crippen LogP contribution in [0.15, 0.2) is 12.2 Å². The topological polar surface area (TPSA) is 26.0 Å². The number of rotatable bonds is 2. The molecule has 0 spiro atoms. The van der Waals surface area contributed by atoms with E-state index in [1.165, 1.54) is 0 Å². The van der Waals surface area contributed by atoms with Crippen LogP contribution in [0.3, 0.4) is 0 Å². The Balaban J connectivity index is 3.38. The molecule has 1 heteroatoms. The maximum absolute atomic E-state index is 5.27. The lowest BCUT2D eigenvalue weighted by Crippen LogP contribution is -2.02. The van der Waals surface area contributed by atoms with E-state index in [9.17, 15) is 0 Å². The summed E-state index contributed by atoms with van der Waals surface area (Å²) in [6.45, 7) is 7.31. The smallest absolute Gasteiger partial charge is 0.0106 e. The molecule has 0 aromatic heterocycles. The van der Waals surface area contributed by atoms with E-state index in [0.717, 1.165) is 6.42 Å². The molecule has 1 nitrogen and oxygen atoms in total. The van der Waals surface area contributed by atoms with Crippen molar-refractivity contribution in [3.8, 4) is 0 Å². The normalized spacial score (nSPS) is 12.9. The van der Waals surface area contributed by atoms with Crippen molar-refractivity contribution in [3.05, 3.63) is 12.2 Å². The first-order chi connectivity index (χ1) is 4.06. The van der Waals surface area contributed by atoms with Crippen molar-refractivity contribution in [2.45, 2.75) is 27.2 Å². The van der Waals surface area contributed by atoms with Crippen molar-refractivity contribution >= 4 is 0 Å². The SMILES string of the molecule is CC(C)(C)CC=CCN. The molecule has 0 unspecified atom stereocenters. The Morgan fingerprint density at radius 1 is 1.22 bits per heavy atom. The number of allylic oxidation sites excluding steroid dienone is 1. The van der Waals surface area contributed by atoms with Crippen molar-refractivity contribution in [3.63, 3.8) is 0 Å². The van der Waals surface area contributed by atoms with Crippen LogP contribution in [0.4, 0.5) is 0 Å². The second kappa shape index (κ2) is 3.67. The highest BCUT2D eigenvalue weighted by molar-refractivity contribution is 4.86. The third-order valence-electron chi connectivity index (χ3n) is 1.03. The maximum atomic E-state index is 5.27.